The first kappa shape index (κ1) is 41.9. The van der Waals surface area contributed by atoms with Crippen molar-refractivity contribution in [3.8, 4) is 0 Å². The van der Waals surface area contributed by atoms with Gasteiger partial charge in [-0.15, -0.1) is 0 Å². The van der Waals surface area contributed by atoms with Crippen LogP contribution in [0.5, 0.6) is 0 Å². The number of quaternary nitrogens is 1. The molecule has 9 rings (SSSR count). The molecule has 60 heavy (non-hydrogen) atoms. The summed E-state index contributed by atoms with van der Waals surface area (Å²) in [5, 5.41) is 5.23. The minimum Gasteiger partial charge on any atom is -0.462 e. The number of amidine groups is 1. The molecule has 326 valence electrons. The van der Waals surface area contributed by atoms with Crippen molar-refractivity contribution in [2.75, 3.05) is 50.8 Å². The van der Waals surface area contributed by atoms with Crippen LogP contribution in [0.15, 0.2) is 46.6 Å². The molecule has 0 spiro atoms. The normalized spacial score (nSPS) is 40.0. The molecule has 10 atom stereocenters. The zero-order valence-electron chi connectivity index (χ0n) is 38.6. The van der Waals surface area contributed by atoms with Gasteiger partial charge in [0.15, 0.2) is 6.67 Å². The Labute approximate surface area is 360 Å². The predicted molar refractivity (Wildman–Crippen MR) is 238 cm³/mol. The van der Waals surface area contributed by atoms with Gasteiger partial charge < -0.3 is 14.5 Å². The third-order valence-corrected chi connectivity index (χ3v) is 19.7. The van der Waals surface area contributed by atoms with Crippen LogP contribution in [-0.2, 0) is 19.1 Å². The smallest absolute Gasteiger partial charge is 0.302 e. The second-order valence-electron chi connectivity index (χ2n) is 22.2. The maximum Gasteiger partial charge on any atom is 0.302 e. The third-order valence-electron chi connectivity index (χ3n) is 19.7. The van der Waals surface area contributed by atoms with Gasteiger partial charge >= 0.3 is 5.97 Å². The van der Waals surface area contributed by atoms with Gasteiger partial charge in [0.25, 0.3) is 5.91 Å². The van der Waals surface area contributed by atoms with Crippen LogP contribution >= 0.6 is 0 Å². The van der Waals surface area contributed by atoms with E-state index in [4.69, 9.17) is 9.84 Å². The highest BCUT2D eigenvalue weighted by Gasteiger charge is 2.70. The number of esters is 1. The van der Waals surface area contributed by atoms with E-state index in [1.807, 2.05) is 17.0 Å². The molecule has 0 aromatic heterocycles. The van der Waals surface area contributed by atoms with E-state index >= 15 is 4.79 Å². The quantitative estimate of drug-likeness (QED) is 0.168. The van der Waals surface area contributed by atoms with Crippen LogP contribution in [-0.4, -0.2) is 90.1 Å². The average Bonchev–Trinajstić information content (AvgIpc) is 3.64. The fourth-order valence-corrected chi connectivity index (χ4v) is 15.6. The molecule has 8 aliphatic rings. The summed E-state index contributed by atoms with van der Waals surface area (Å²) < 4.78 is 6.59. The molecule has 0 bridgehead atoms. The van der Waals surface area contributed by atoms with Crippen LogP contribution in [0.4, 0.5) is 5.69 Å². The summed E-state index contributed by atoms with van der Waals surface area (Å²) >= 11 is 0. The summed E-state index contributed by atoms with van der Waals surface area (Å²) in [4.78, 5) is 48.6. The molecular formula is C51H74N5O4+. The van der Waals surface area contributed by atoms with Crippen molar-refractivity contribution in [3.05, 3.63) is 47.1 Å². The van der Waals surface area contributed by atoms with Gasteiger partial charge in [0.1, 0.15) is 19.2 Å². The summed E-state index contributed by atoms with van der Waals surface area (Å²) in [6, 6.07) is 8.35. The first-order valence-electron chi connectivity index (χ1n) is 23.9. The number of anilines is 1. The highest BCUT2D eigenvalue weighted by Crippen LogP contribution is 2.76. The lowest BCUT2D eigenvalue weighted by Crippen LogP contribution is -2.66. The molecule has 1 aromatic rings. The number of hydrogen-bond donors (Lipinski definition) is 0. The van der Waals surface area contributed by atoms with E-state index in [-0.39, 0.29) is 45.6 Å². The zero-order valence-corrected chi connectivity index (χ0v) is 38.6. The van der Waals surface area contributed by atoms with Crippen molar-refractivity contribution in [2.24, 2.45) is 61.8 Å². The molecule has 1 saturated heterocycles. The van der Waals surface area contributed by atoms with E-state index in [0.29, 0.717) is 65.9 Å². The first-order chi connectivity index (χ1) is 28.4. The molecule has 3 aliphatic heterocycles. The summed E-state index contributed by atoms with van der Waals surface area (Å²) in [7, 11) is 0. The Hall–Kier alpha value is -3.46. The number of carbonyl (C=O) groups excluding carboxylic acids is 3. The Bertz CT molecular complexity index is 2040. The summed E-state index contributed by atoms with van der Waals surface area (Å²) in [6.07, 6.45) is 14.2. The minimum atomic E-state index is -0.395. The predicted octanol–water partition coefficient (Wildman–Crippen LogP) is 9.29. The van der Waals surface area contributed by atoms with E-state index in [9.17, 15) is 9.59 Å². The Morgan fingerprint density at radius 3 is 2.25 bits per heavy atom. The molecule has 0 unspecified atom stereocenters. The Morgan fingerprint density at radius 2 is 1.55 bits per heavy atom. The number of piperazine rings is 1. The molecule has 9 heteroatoms. The number of carbonyl (C=O) groups is 3. The molecule has 4 saturated carbocycles. The molecule has 1 aromatic carbocycles. The monoisotopic (exact) mass is 821 g/mol. The number of rotatable bonds is 5. The van der Waals surface area contributed by atoms with Gasteiger partial charge in [0, 0.05) is 38.5 Å². The van der Waals surface area contributed by atoms with E-state index in [0.717, 1.165) is 88.2 Å². The Morgan fingerprint density at radius 1 is 0.850 bits per heavy atom. The molecule has 9 nitrogen and oxygen atoms in total. The lowest BCUT2D eigenvalue weighted by atomic mass is 9.33. The van der Waals surface area contributed by atoms with Crippen molar-refractivity contribution in [1.82, 2.24) is 9.80 Å². The Balaban J connectivity index is 0.970. The number of hydrogen-bond acceptors (Lipinski definition) is 6. The maximum absolute atomic E-state index is 15.4. The lowest BCUT2D eigenvalue weighted by Gasteiger charge is -2.71. The van der Waals surface area contributed by atoms with Crippen molar-refractivity contribution < 1.29 is 23.7 Å². The summed E-state index contributed by atoms with van der Waals surface area (Å²) in [6.45, 7) is 28.1. The SMILES string of the molecule is CC[N+]1(CC)CN2C(=N1)C(C(=O)N1CCN(C(=O)[C@]34CC[C@@H](C)[C@H](C)[C@H]3C3=CC[C@@H]5[C@@]6(C)CC[C@H](OC(C)=O)C(C)(C)[C@@H]6CC[C@@]5(C)[C@]3(C)CC4)CC1)=Cc1ccccc12. The maximum atomic E-state index is 15.4. The zero-order chi connectivity index (χ0) is 42.8. The highest BCUT2D eigenvalue weighted by atomic mass is 16.5. The van der Waals surface area contributed by atoms with Crippen LogP contribution in [0, 0.1) is 56.7 Å². The van der Waals surface area contributed by atoms with Gasteiger partial charge in [-0.3, -0.25) is 19.3 Å². The van der Waals surface area contributed by atoms with Gasteiger partial charge in [-0.25, -0.2) is 0 Å². The van der Waals surface area contributed by atoms with E-state index in [1.165, 1.54) is 6.42 Å². The van der Waals surface area contributed by atoms with Crippen molar-refractivity contribution in [1.29, 1.82) is 0 Å². The van der Waals surface area contributed by atoms with Gasteiger partial charge in [0.05, 0.1) is 16.7 Å². The van der Waals surface area contributed by atoms with Crippen LogP contribution in [0.2, 0.25) is 0 Å². The van der Waals surface area contributed by atoms with E-state index in [1.54, 1.807) is 12.5 Å². The van der Waals surface area contributed by atoms with E-state index < -0.39 is 5.41 Å². The topological polar surface area (TPSA) is 82.5 Å². The molecule has 3 heterocycles. The third kappa shape index (κ3) is 5.77. The van der Waals surface area contributed by atoms with Gasteiger partial charge in [0.2, 0.25) is 11.7 Å². The standard InChI is InChI=1S/C51H74N5O4/c1-11-56(12-2)32-55-39-16-14-13-15-36(39)31-37(44(55)52-56)45(58)53-27-29-54(30-28-53)46(59)51-24-19-33(3)34(4)43(51)38-17-18-41-48(8)22-21-42(60-35(5)57)47(6,7)40(48)20-23-50(41,10)49(38,9)25-26-51/h13-17,31,33-34,40-43H,11-12,18-30,32H2,1-10H3/q+1/t33-,34+,40+,41-,42+,43+,48+,49-,50-,51+/m1/s1. The fourth-order valence-electron chi connectivity index (χ4n) is 15.6. The van der Waals surface area contributed by atoms with Crippen molar-refractivity contribution >= 4 is 35.4 Å². The van der Waals surface area contributed by atoms with Crippen LogP contribution in [0.25, 0.3) is 6.08 Å². The largest absolute Gasteiger partial charge is 0.462 e. The second kappa shape index (κ2) is 14.3. The fraction of sp³-hybridized carbons (Fsp3) is 0.725. The molecule has 5 fully saturated rings. The minimum absolute atomic E-state index is 0.0244. The molecule has 0 N–H and O–H groups in total. The molecule has 0 radical (unpaired) electrons. The molecule has 2 amide bonds. The van der Waals surface area contributed by atoms with Crippen molar-refractivity contribution in [3.63, 3.8) is 0 Å². The average molecular weight is 821 g/mol. The van der Waals surface area contributed by atoms with Crippen molar-refractivity contribution in [2.45, 2.75) is 133 Å². The Kier molecular flexibility index (Phi) is 9.97. The second-order valence-corrected chi connectivity index (χ2v) is 22.2. The molecule has 5 aliphatic carbocycles. The number of fused-ring (bicyclic) bond motifs is 10. The number of amides is 2. The lowest BCUT2D eigenvalue weighted by molar-refractivity contribution is -0.925. The van der Waals surface area contributed by atoms with Crippen LogP contribution in [0.1, 0.15) is 133 Å². The van der Waals surface area contributed by atoms with Gasteiger partial charge in [-0.1, -0.05) is 83.4 Å². The number of para-hydroxylation sites is 1. The number of ether oxygens (including phenoxy) is 1. The number of nitrogens with zero attached hydrogens (tertiary/aromatic N) is 5. The van der Waals surface area contributed by atoms with Gasteiger partial charge in [-0.2, -0.15) is 4.59 Å². The van der Waals surface area contributed by atoms with Crippen LogP contribution < -0.4 is 4.90 Å². The summed E-state index contributed by atoms with van der Waals surface area (Å²) in [5.41, 5.74) is 4.32. The summed E-state index contributed by atoms with van der Waals surface area (Å²) in [5.74, 6) is 3.28. The molecular weight excluding hydrogens is 747 g/mol. The van der Waals surface area contributed by atoms with E-state index in [2.05, 4.69) is 96.4 Å². The number of benzene rings is 1. The number of allylic oxidation sites excluding steroid dienone is 2. The first-order valence-corrected chi connectivity index (χ1v) is 23.9. The van der Waals surface area contributed by atoms with Crippen LogP contribution in [0.3, 0.4) is 0 Å². The van der Waals surface area contributed by atoms with Gasteiger partial charge in [-0.05, 0) is 135 Å². The highest BCUT2D eigenvalue weighted by molar-refractivity contribution is 6.31.